The summed E-state index contributed by atoms with van der Waals surface area (Å²) in [5.74, 6) is 1.11. The Balaban J connectivity index is 2.45. The summed E-state index contributed by atoms with van der Waals surface area (Å²) in [7, 11) is 0. The van der Waals surface area contributed by atoms with E-state index in [0.29, 0.717) is 11.9 Å². The maximum atomic E-state index is 7.56. The van der Waals surface area contributed by atoms with Gasteiger partial charge in [-0.1, -0.05) is 20.8 Å². The van der Waals surface area contributed by atoms with Gasteiger partial charge in [-0.2, -0.15) is 0 Å². The van der Waals surface area contributed by atoms with Gasteiger partial charge in [0.25, 0.3) is 0 Å². The van der Waals surface area contributed by atoms with Crippen LogP contribution in [-0.2, 0) is 0 Å². The number of piperidine rings is 1. The molecule has 3 N–H and O–H groups in total. The van der Waals surface area contributed by atoms with Crippen molar-refractivity contribution in [3.63, 3.8) is 0 Å². The summed E-state index contributed by atoms with van der Waals surface area (Å²) in [4.78, 5) is 2.55. The molecule has 3 nitrogen and oxygen atoms in total. The Bertz CT molecular complexity index is 248. The minimum atomic E-state index is -0.152. The molecule has 16 heavy (non-hydrogen) atoms. The highest BCUT2D eigenvalue weighted by Crippen LogP contribution is 2.26. The van der Waals surface area contributed by atoms with Crippen molar-refractivity contribution >= 4 is 5.84 Å². The van der Waals surface area contributed by atoms with Gasteiger partial charge in [0.05, 0.1) is 5.84 Å². The molecule has 0 aromatic rings. The number of hydrogen-bond donors (Lipinski definition) is 2. The Morgan fingerprint density at radius 3 is 2.62 bits per heavy atom. The van der Waals surface area contributed by atoms with Gasteiger partial charge in [0.15, 0.2) is 0 Å². The highest BCUT2D eigenvalue weighted by molar-refractivity contribution is 5.82. The molecular weight excluding hydrogens is 198 g/mol. The van der Waals surface area contributed by atoms with Gasteiger partial charge in [-0.15, -0.1) is 0 Å². The van der Waals surface area contributed by atoms with E-state index in [1.165, 1.54) is 19.4 Å². The first-order valence-electron chi connectivity index (χ1n) is 6.43. The zero-order valence-corrected chi connectivity index (χ0v) is 11.2. The normalized spacial score (nSPS) is 28.0. The summed E-state index contributed by atoms with van der Waals surface area (Å²) in [6, 6.07) is 0.677. The zero-order chi connectivity index (χ0) is 12.3. The number of amidine groups is 1. The second-order valence-corrected chi connectivity index (χ2v) is 5.94. The lowest BCUT2D eigenvalue weighted by atomic mass is 9.86. The molecule has 1 rings (SSSR count). The molecule has 0 spiro atoms. The molecule has 0 aliphatic carbocycles. The molecule has 1 saturated heterocycles. The summed E-state index contributed by atoms with van der Waals surface area (Å²) in [6.45, 7) is 11.1. The molecule has 1 aliphatic heterocycles. The van der Waals surface area contributed by atoms with Gasteiger partial charge in [-0.05, 0) is 45.2 Å². The molecular formula is C13H27N3. The van der Waals surface area contributed by atoms with E-state index in [9.17, 15) is 0 Å². The Labute approximate surface area is 99.9 Å². The molecule has 2 atom stereocenters. The van der Waals surface area contributed by atoms with Crippen molar-refractivity contribution in [3.05, 3.63) is 0 Å². The Morgan fingerprint density at radius 1 is 1.44 bits per heavy atom. The van der Waals surface area contributed by atoms with Crippen LogP contribution in [-0.4, -0.2) is 29.9 Å². The van der Waals surface area contributed by atoms with Crippen molar-refractivity contribution < 1.29 is 0 Å². The third-order valence-electron chi connectivity index (χ3n) is 4.26. The standard InChI is InChI=1S/C13H27N3/c1-10-6-5-8-16(11(10)2)9-7-13(3,4)12(14)15/h10-11H,5-9H2,1-4H3,(H3,14,15). The maximum Gasteiger partial charge on any atom is 0.0963 e. The molecule has 0 aromatic heterocycles. The lowest BCUT2D eigenvalue weighted by molar-refractivity contribution is 0.105. The quantitative estimate of drug-likeness (QED) is 0.570. The summed E-state index contributed by atoms with van der Waals surface area (Å²) in [6.07, 6.45) is 3.65. The largest absolute Gasteiger partial charge is 0.387 e. The smallest absolute Gasteiger partial charge is 0.0963 e. The van der Waals surface area contributed by atoms with E-state index in [1.54, 1.807) is 0 Å². The Morgan fingerprint density at radius 2 is 2.06 bits per heavy atom. The van der Waals surface area contributed by atoms with Gasteiger partial charge < -0.3 is 10.6 Å². The second kappa shape index (κ2) is 5.17. The SMILES string of the molecule is CC1CCCN(CCC(C)(C)C(=N)N)C1C. The first-order valence-corrected chi connectivity index (χ1v) is 6.43. The molecule has 0 aromatic carbocycles. The van der Waals surface area contributed by atoms with Crippen LogP contribution in [0.4, 0.5) is 0 Å². The van der Waals surface area contributed by atoms with Crippen LogP contribution in [0.3, 0.4) is 0 Å². The number of nitrogens with zero attached hydrogens (tertiary/aromatic N) is 1. The van der Waals surface area contributed by atoms with E-state index >= 15 is 0 Å². The molecule has 1 heterocycles. The van der Waals surface area contributed by atoms with Crippen LogP contribution in [0.5, 0.6) is 0 Å². The third-order valence-corrected chi connectivity index (χ3v) is 4.26. The highest BCUT2D eigenvalue weighted by atomic mass is 15.2. The number of rotatable bonds is 4. The van der Waals surface area contributed by atoms with Gasteiger partial charge in [0.2, 0.25) is 0 Å². The first-order chi connectivity index (χ1) is 7.34. The second-order valence-electron chi connectivity index (χ2n) is 5.94. The highest BCUT2D eigenvalue weighted by Gasteiger charge is 2.27. The maximum absolute atomic E-state index is 7.56. The van der Waals surface area contributed by atoms with Crippen LogP contribution in [0.25, 0.3) is 0 Å². The fourth-order valence-corrected chi connectivity index (χ4v) is 2.29. The van der Waals surface area contributed by atoms with E-state index in [4.69, 9.17) is 11.1 Å². The average Bonchev–Trinajstić information content (AvgIpc) is 2.20. The molecule has 2 unspecified atom stereocenters. The number of hydrogen-bond acceptors (Lipinski definition) is 2. The molecule has 94 valence electrons. The molecule has 0 amide bonds. The van der Waals surface area contributed by atoms with Crippen molar-refractivity contribution in [1.29, 1.82) is 5.41 Å². The molecule has 1 aliphatic rings. The lowest BCUT2D eigenvalue weighted by Gasteiger charge is -2.39. The fraction of sp³-hybridized carbons (Fsp3) is 0.923. The van der Waals surface area contributed by atoms with Crippen LogP contribution in [0.2, 0.25) is 0 Å². The number of likely N-dealkylation sites (tertiary alicyclic amines) is 1. The monoisotopic (exact) mass is 225 g/mol. The first kappa shape index (κ1) is 13.5. The number of nitrogens with one attached hydrogen (secondary N) is 1. The van der Waals surface area contributed by atoms with Gasteiger partial charge in [-0.25, -0.2) is 0 Å². The van der Waals surface area contributed by atoms with E-state index in [2.05, 4.69) is 32.6 Å². The zero-order valence-electron chi connectivity index (χ0n) is 11.2. The summed E-state index contributed by atoms with van der Waals surface area (Å²) >= 11 is 0. The lowest BCUT2D eigenvalue weighted by Crippen LogP contribution is -2.44. The predicted octanol–water partition coefficient (Wildman–Crippen LogP) is 2.46. The summed E-state index contributed by atoms with van der Waals surface area (Å²) in [5.41, 5.74) is 5.46. The van der Waals surface area contributed by atoms with Crippen molar-refractivity contribution in [1.82, 2.24) is 4.90 Å². The molecule has 0 saturated carbocycles. The fourth-order valence-electron chi connectivity index (χ4n) is 2.29. The Kier molecular flexibility index (Phi) is 4.36. The van der Waals surface area contributed by atoms with Crippen molar-refractivity contribution in [3.8, 4) is 0 Å². The minimum Gasteiger partial charge on any atom is -0.387 e. The van der Waals surface area contributed by atoms with Gasteiger partial charge in [0.1, 0.15) is 0 Å². The molecule has 0 bridgehead atoms. The average molecular weight is 225 g/mol. The van der Waals surface area contributed by atoms with Crippen molar-refractivity contribution in [2.75, 3.05) is 13.1 Å². The number of nitrogens with two attached hydrogens (primary N) is 1. The van der Waals surface area contributed by atoms with Crippen molar-refractivity contribution in [2.24, 2.45) is 17.1 Å². The van der Waals surface area contributed by atoms with Crippen molar-refractivity contribution in [2.45, 2.75) is 53.0 Å². The van der Waals surface area contributed by atoms with Gasteiger partial charge in [0, 0.05) is 11.5 Å². The van der Waals surface area contributed by atoms with E-state index < -0.39 is 0 Å². The Hall–Kier alpha value is -0.570. The van der Waals surface area contributed by atoms with Gasteiger partial charge >= 0.3 is 0 Å². The molecule has 1 fully saturated rings. The minimum absolute atomic E-state index is 0.152. The topological polar surface area (TPSA) is 53.1 Å². The summed E-state index contributed by atoms with van der Waals surface area (Å²) < 4.78 is 0. The molecule has 0 radical (unpaired) electrons. The van der Waals surface area contributed by atoms with Crippen LogP contribution in [0.1, 0.15) is 47.0 Å². The van der Waals surface area contributed by atoms with Crippen LogP contribution >= 0.6 is 0 Å². The van der Waals surface area contributed by atoms with Gasteiger partial charge in [-0.3, -0.25) is 5.41 Å². The summed E-state index contributed by atoms with van der Waals surface area (Å²) in [5, 5.41) is 7.56. The van der Waals surface area contributed by atoms with E-state index in [0.717, 1.165) is 18.9 Å². The van der Waals surface area contributed by atoms with Crippen LogP contribution < -0.4 is 5.73 Å². The molecule has 3 heteroatoms. The van der Waals surface area contributed by atoms with Crippen LogP contribution in [0.15, 0.2) is 0 Å². The third kappa shape index (κ3) is 3.21. The van der Waals surface area contributed by atoms with Crippen LogP contribution in [0, 0.1) is 16.7 Å². The predicted molar refractivity (Wildman–Crippen MR) is 69.7 cm³/mol. The van der Waals surface area contributed by atoms with E-state index in [1.807, 2.05) is 0 Å². The van der Waals surface area contributed by atoms with E-state index in [-0.39, 0.29) is 5.41 Å².